The lowest BCUT2D eigenvalue weighted by Crippen LogP contribution is -2.48. The molecule has 0 radical (unpaired) electrons. The van der Waals surface area contributed by atoms with Crippen molar-refractivity contribution in [2.24, 2.45) is 0 Å². The van der Waals surface area contributed by atoms with Crippen LogP contribution in [0.2, 0.25) is 0 Å². The van der Waals surface area contributed by atoms with Crippen LogP contribution in [0.4, 0.5) is 0 Å². The minimum Gasteiger partial charge on any atom is -0.497 e. The molecule has 0 bridgehead atoms. The number of hydrogen-bond donors (Lipinski definition) is 1. The average molecular weight is 533 g/mol. The third-order valence-electron chi connectivity index (χ3n) is 6.26. The van der Waals surface area contributed by atoms with Crippen molar-refractivity contribution in [2.45, 2.75) is 12.6 Å². The van der Waals surface area contributed by atoms with Gasteiger partial charge < -0.3 is 19.7 Å². The summed E-state index contributed by atoms with van der Waals surface area (Å²) in [4.78, 5) is 30.8. The first-order valence-electron chi connectivity index (χ1n) is 12.2. The molecule has 1 aliphatic heterocycles. The van der Waals surface area contributed by atoms with E-state index in [0.717, 1.165) is 29.2 Å². The zero-order valence-corrected chi connectivity index (χ0v) is 22.4. The van der Waals surface area contributed by atoms with Gasteiger partial charge in [0.1, 0.15) is 11.8 Å². The Kier molecular flexibility index (Phi) is 10.4. The summed E-state index contributed by atoms with van der Waals surface area (Å²) < 4.78 is 35.7. The van der Waals surface area contributed by atoms with E-state index in [9.17, 15) is 18.0 Å². The lowest BCUT2D eigenvalue weighted by atomic mass is 10.0. The van der Waals surface area contributed by atoms with Crippen molar-refractivity contribution >= 4 is 21.8 Å². The minimum atomic E-state index is -3.60. The maximum atomic E-state index is 13.6. The normalized spacial score (nSPS) is 15.2. The van der Waals surface area contributed by atoms with Crippen LogP contribution in [-0.4, -0.2) is 101 Å². The van der Waals surface area contributed by atoms with Gasteiger partial charge in [-0.2, -0.15) is 4.31 Å². The number of benzene rings is 2. The second kappa shape index (κ2) is 13.5. The number of likely N-dealkylation sites (N-methyl/N-ethyl adjacent to an activating group) is 1. The van der Waals surface area contributed by atoms with E-state index >= 15 is 0 Å². The standard InChI is InChI=1S/C26H36N4O6S/c1-28(37(3,33)34)20-24(31)30(19-21-9-11-23(35-2)12-10-21)25(22-7-5-4-6-8-22)26(32)27-13-14-29-15-17-36-18-16-29/h4-12,25H,13-20H2,1-3H3,(H,27,32). The number of carbonyl (C=O) groups is 2. The van der Waals surface area contributed by atoms with E-state index in [1.54, 1.807) is 31.4 Å². The van der Waals surface area contributed by atoms with Crippen LogP contribution in [0.1, 0.15) is 17.2 Å². The van der Waals surface area contributed by atoms with E-state index in [-0.39, 0.29) is 19.0 Å². The van der Waals surface area contributed by atoms with Gasteiger partial charge in [0.15, 0.2) is 0 Å². The summed E-state index contributed by atoms with van der Waals surface area (Å²) in [5.74, 6) is -0.150. The predicted octanol–water partition coefficient (Wildman–Crippen LogP) is 1.10. The molecule has 1 heterocycles. The van der Waals surface area contributed by atoms with Gasteiger partial charge in [-0.15, -0.1) is 0 Å². The van der Waals surface area contributed by atoms with Gasteiger partial charge in [-0.25, -0.2) is 8.42 Å². The van der Waals surface area contributed by atoms with Crippen LogP contribution in [-0.2, 0) is 30.9 Å². The highest BCUT2D eigenvalue weighted by atomic mass is 32.2. The number of ether oxygens (including phenoxy) is 2. The molecular formula is C26H36N4O6S. The molecule has 1 fully saturated rings. The molecule has 2 aromatic rings. The van der Waals surface area contributed by atoms with Gasteiger partial charge in [-0.05, 0) is 23.3 Å². The molecule has 1 unspecified atom stereocenters. The maximum Gasteiger partial charge on any atom is 0.247 e. The van der Waals surface area contributed by atoms with Gasteiger partial charge in [-0.3, -0.25) is 14.5 Å². The Morgan fingerprint density at radius 1 is 1.08 bits per heavy atom. The summed E-state index contributed by atoms with van der Waals surface area (Å²) in [6.45, 7) is 3.74. The largest absolute Gasteiger partial charge is 0.497 e. The van der Waals surface area contributed by atoms with Crippen molar-refractivity contribution in [2.75, 3.05) is 66.4 Å². The molecule has 10 nitrogen and oxygen atoms in total. The van der Waals surface area contributed by atoms with E-state index in [1.165, 1.54) is 11.9 Å². The van der Waals surface area contributed by atoms with Crippen LogP contribution in [0, 0.1) is 0 Å². The third-order valence-corrected chi connectivity index (χ3v) is 7.52. The number of methoxy groups -OCH3 is 1. The van der Waals surface area contributed by atoms with Crippen molar-refractivity contribution in [3.05, 3.63) is 65.7 Å². The Morgan fingerprint density at radius 3 is 2.32 bits per heavy atom. The number of rotatable bonds is 12. The fraction of sp³-hybridized carbons (Fsp3) is 0.462. The van der Waals surface area contributed by atoms with Gasteiger partial charge in [0, 0.05) is 39.8 Å². The number of sulfonamides is 1. The number of amides is 2. The number of morpholine rings is 1. The van der Waals surface area contributed by atoms with Crippen molar-refractivity contribution in [3.63, 3.8) is 0 Å². The fourth-order valence-corrected chi connectivity index (χ4v) is 4.36. The van der Waals surface area contributed by atoms with E-state index in [0.29, 0.717) is 37.6 Å². The van der Waals surface area contributed by atoms with E-state index in [2.05, 4.69) is 10.2 Å². The summed E-state index contributed by atoms with van der Waals surface area (Å²) in [6.07, 6.45) is 1.04. The second-order valence-electron chi connectivity index (χ2n) is 8.95. The van der Waals surface area contributed by atoms with Gasteiger partial charge in [0.2, 0.25) is 21.8 Å². The molecular weight excluding hydrogens is 496 g/mol. The second-order valence-corrected chi connectivity index (χ2v) is 11.0. The highest BCUT2D eigenvalue weighted by molar-refractivity contribution is 7.88. The van der Waals surface area contributed by atoms with Crippen LogP contribution in [0.15, 0.2) is 54.6 Å². The van der Waals surface area contributed by atoms with Crippen LogP contribution in [0.25, 0.3) is 0 Å². The van der Waals surface area contributed by atoms with Crippen LogP contribution >= 0.6 is 0 Å². The molecule has 1 N–H and O–H groups in total. The molecule has 1 aliphatic rings. The zero-order chi connectivity index (χ0) is 26.8. The molecule has 1 atom stereocenters. The summed E-state index contributed by atoms with van der Waals surface area (Å²) in [6, 6.07) is 15.3. The Hall–Kier alpha value is -2.99. The van der Waals surface area contributed by atoms with Crippen LogP contribution in [0.5, 0.6) is 5.75 Å². The van der Waals surface area contributed by atoms with E-state index < -0.39 is 22.0 Å². The minimum absolute atomic E-state index is 0.108. The van der Waals surface area contributed by atoms with Gasteiger partial charge >= 0.3 is 0 Å². The summed E-state index contributed by atoms with van der Waals surface area (Å²) in [5.41, 5.74) is 1.41. The molecule has 11 heteroatoms. The van der Waals surface area contributed by atoms with E-state index in [4.69, 9.17) is 9.47 Å². The SMILES string of the molecule is COc1ccc(CN(C(=O)CN(C)S(C)(=O)=O)C(C(=O)NCCN2CCOCC2)c2ccccc2)cc1. The number of hydrogen-bond acceptors (Lipinski definition) is 7. The van der Waals surface area contributed by atoms with Gasteiger partial charge in [0.05, 0.1) is 33.1 Å². The Balaban J connectivity index is 1.88. The number of nitrogens with one attached hydrogen (secondary N) is 1. The molecule has 3 rings (SSSR count). The summed E-state index contributed by atoms with van der Waals surface area (Å²) >= 11 is 0. The molecule has 2 aromatic carbocycles. The first-order chi connectivity index (χ1) is 17.7. The van der Waals surface area contributed by atoms with Crippen molar-refractivity contribution in [3.8, 4) is 5.75 Å². The Labute approximate surface area is 219 Å². The summed E-state index contributed by atoms with van der Waals surface area (Å²) in [7, 11) is -0.684. The maximum absolute atomic E-state index is 13.6. The highest BCUT2D eigenvalue weighted by Gasteiger charge is 2.33. The first-order valence-corrected chi connectivity index (χ1v) is 14.0. The molecule has 0 spiro atoms. The average Bonchev–Trinajstić information content (AvgIpc) is 2.89. The third kappa shape index (κ3) is 8.53. The Bertz CT molecular complexity index is 1120. The molecule has 37 heavy (non-hydrogen) atoms. The monoisotopic (exact) mass is 532 g/mol. The lowest BCUT2D eigenvalue weighted by molar-refractivity contribution is -0.141. The Morgan fingerprint density at radius 2 is 1.73 bits per heavy atom. The molecule has 0 saturated carbocycles. The molecule has 2 amide bonds. The topological polar surface area (TPSA) is 108 Å². The molecule has 0 aliphatic carbocycles. The quantitative estimate of drug-likeness (QED) is 0.436. The van der Waals surface area contributed by atoms with Crippen molar-refractivity contribution in [1.29, 1.82) is 0 Å². The van der Waals surface area contributed by atoms with Crippen molar-refractivity contribution in [1.82, 2.24) is 19.4 Å². The highest BCUT2D eigenvalue weighted by Crippen LogP contribution is 2.25. The van der Waals surface area contributed by atoms with Crippen LogP contribution < -0.4 is 10.1 Å². The van der Waals surface area contributed by atoms with Crippen LogP contribution in [0.3, 0.4) is 0 Å². The zero-order valence-electron chi connectivity index (χ0n) is 21.6. The lowest BCUT2D eigenvalue weighted by Gasteiger charge is -2.33. The predicted molar refractivity (Wildman–Crippen MR) is 140 cm³/mol. The van der Waals surface area contributed by atoms with Gasteiger partial charge in [0.25, 0.3) is 0 Å². The first kappa shape index (κ1) is 28.6. The number of nitrogens with zero attached hydrogens (tertiary/aromatic N) is 3. The number of carbonyl (C=O) groups excluding carboxylic acids is 2. The molecule has 202 valence electrons. The molecule has 0 aromatic heterocycles. The fourth-order valence-electron chi connectivity index (χ4n) is 4.02. The summed E-state index contributed by atoms with van der Waals surface area (Å²) in [5, 5.41) is 2.98. The molecule has 1 saturated heterocycles. The smallest absolute Gasteiger partial charge is 0.247 e. The van der Waals surface area contributed by atoms with Gasteiger partial charge in [-0.1, -0.05) is 42.5 Å². The van der Waals surface area contributed by atoms with E-state index in [1.807, 2.05) is 30.3 Å². The van der Waals surface area contributed by atoms with Crippen molar-refractivity contribution < 1.29 is 27.5 Å².